The van der Waals surface area contributed by atoms with E-state index in [0.29, 0.717) is 17.5 Å². The molecular weight excluding hydrogens is 458 g/mol. The van der Waals surface area contributed by atoms with Crippen molar-refractivity contribution in [3.05, 3.63) is 76.4 Å². The predicted molar refractivity (Wildman–Crippen MR) is 128 cm³/mol. The highest BCUT2D eigenvalue weighted by Gasteiger charge is 2.49. The molecule has 0 unspecified atom stereocenters. The third-order valence-electron chi connectivity index (χ3n) is 5.72. The van der Waals surface area contributed by atoms with Gasteiger partial charge in [0.2, 0.25) is 0 Å². The molecule has 0 aromatic carbocycles. The van der Waals surface area contributed by atoms with E-state index in [9.17, 15) is 18.4 Å². The number of aliphatic imine (C=N–C) groups is 1. The van der Waals surface area contributed by atoms with Crippen LogP contribution in [0.15, 0.2) is 80.9 Å². The maximum atomic E-state index is 13.7. The number of amides is 1. The number of hydrazone groups is 1. The van der Waals surface area contributed by atoms with Crippen LogP contribution in [-0.4, -0.2) is 52.0 Å². The summed E-state index contributed by atoms with van der Waals surface area (Å²) in [6, 6.07) is 7.27. The van der Waals surface area contributed by atoms with Crippen molar-refractivity contribution in [3.8, 4) is 5.82 Å². The van der Waals surface area contributed by atoms with Crippen LogP contribution in [0.4, 0.5) is 14.5 Å². The molecule has 12 heteroatoms. The number of hydrogen-bond acceptors (Lipinski definition) is 7. The van der Waals surface area contributed by atoms with E-state index >= 15 is 0 Å². The van der Waals surface area contributed by atoms with Gasteiger partial charge in [-0.1, -0.05) is 6.07 Å². The van der Waals surface area contributed by atoms with E-state index in [1.807, 2.05) is 0 Å². The average Bonchev–Trinajstić information content (AvgIpc) is 2.87. The van der Waals surface area contributed by atoms with Crippen LogP contribution >= 0.6 is 0 Å². The molecule has 10 nitrogen and oxygen atoms in total. The number of amidine groups is 1. The van der Waals surface area contributed by atoms with Crippen LogP contribution in [0.3, 0.4) is 0 Å². The molecule has 0 bridgehead atoms. The molecule has 2 aliphatic rings. The van der Waals surface area contributed by atoms with Crippen molar-refractivity contribution in [2.45, 2.75) is 31.7 Å². The summed E-state index contributed by atoms with van der Waals surface area (Å²) in [5.41, 5.74) is -0.0455. The monoisotopic (exact) mass is 482 g/mol. The van der Waals surface area contributed by atoms with Gasteiger partial charge in [-0.05, 0) is 37.6 Å². The fourth-order valence-corrected chi connectivity index (χ4v) is 3.61. The van der Waals surface area contributed by atoms with Crippen LogP contribution in [0.1, 0.15) is 19.8 Å². The zero-order valence-corrected chi connectivity index (χ0v) is 19.1. The molecule has 1 aliphatic carbocycles. The topological polar surface area (TPSA) is 116 Å². The predicted octanol–water partition coefficient (Wildman–Crippen LogP) is 2.18. The van der Waals surface area contributed by atoms with Crippen molar-refractivity contribution < 1.29 is 13.6 Å². The Morgan fingerprint density at radius 1 is 1.31 bits per heavy atom. The smallest absolute Gasteiger partial charge is 0.279 e. The Morgan fingerprint density at radius 2 is 2.11 bits per heavy atom. The number of nitrogens with one attached hydrogen (secondary N) is 3. The molecule has 1 fully saturated rings. The van der Waals surface area contributed by atoms with E-state index in [2.05, 4.69) is 37.7 Å². The van der Waals surface area contributed by atoms with Gasteiger partial charge < -0.3 is 16.0 Å². The summed E-state index contributed by atoms with van der Waals surface area (Å²) in [5.74, 6) is -2.38. The van der Waals surface area contributed by atoms with Gasteiger partial charge in [-0.3, -0.25) is 19.1 Å². The van der Waals surface area contributed by atoms with Crippen LogP contribution in [0.25, 0.3) is 5.82 Å². The van der Waals surface area contributed by atoms with Gasteiger partial charge in [0.1, 0.15) is 23.1 Å². The Labute approximate surface area is 199 Å². The summed E-state index contributed by atoms with van der Waals surface area (Å²) in [6.45, 7) is 4.99. The minimum Gasteiger partial charge on any atom is -0.343 e. The Bertz CT molecular complexity index is 1300. The Morgan fingerprint density at radius 3 is 2.71 bits per heavy atom. The van der Waals surface area contributed by atoms with Crippen LogP contribution in [0, 0.1) is 0 Å². The van der Waals surface area contributed by atoms with E-state index in [1.165, 1.54) is 23.5 Å². The summed E-state index contributed by atoms with van der Waals surface area (Å²) in [7, 11) is 1.52. The van der Waals surface area contributed by atoms with E-state index in [1.54, 1.807) is 48.8 Å². The molecule has 1 amide bonds. The third kappa shape index (κ3) is 4.67. The normalized spacial score (nSPS) is 21.4. The number of aromatic nitrogens is 2. The van der Waals surface area contributed by atoms with Gasteiger partial charge in [0.05, 0.1) is 11.6 Å². The van der Waals surface area contributed by atoms with Gasteiger partial charge in [0.25, 0.3) is 17.4 Å². The molecule has 1 aliphatic heterocycles. The lowest BCUT2D eigenvalue weighted by Crippen LogP contribution is -2.55. The lowest BCUT2D eigenvalue weighted by atomic mass is 9.87. The van der Waals surface area contributed by atoms with Crippen LogP contribution < -0.4 is 21.5 Å². The van der Waals surface area contributed by atoms with Gasteiger partial charge in [-0.25, -0.2) is 13.8 Å². The lowest BCUT2D eigenvalue weighted by molar-refractivity contribution is -0.133. The van der Waals surface area contributed by atoms with E-state index < -0.39 is 17.9 Å². The molecule has 3 heterocycles. The average molecular weight is 482 g/mol. The summed E-state index contributed by atoms with van der Waals surface area (Å²) < 4.78 is 28.7. The molecule has 1 saturated carbocycles. The minimum absolute atomic E-state index is 0.0904. The highest BCUT2D eigenvalue weighted by molar-refractivity contribution is 5.99. The van der Waals surface area contributed by atoms with Crippen molar-refractivity contribution >= 4 is 24.1 Å². The number of nitrogens with zero attached hydrogens (tertiary/aromatic N) is 5. The zero-order valence-electron chi connectivity index (χ0n) is 19.1. The van der Waals surface area contributed by atoms with Gasteiger partial charge in [0.15, 0.2) is 5.84 Å². The lowest BCUT2D eigenvalue weighted by Gasteiger charge is -2.37. The molecular formula is C23H24F2N8O2. The van der Waals surface area contributed by atoms with E-state index in [-0.39, 0.29) is 35.5 Å². The van der Waals surface area contributed by atoms with Crippen LogP contribution in [0.5, 0.6) is 0 Å². The van der Waals surface area contributed by atoms with Gasteiger partial charge in [-0.15, -0.1) is 0 Å². The van der Waals surface area contributed by atoms with Gasteiger partial charge >= 0.3 is 0 Å². The number of alkyl halides is 2. The second kappa shape index (κ2) is 9.49. The fraction of sp³-hybridized carbons (Fsp3) is 0.261. The molecule has 2 aromatic rings. The third-order valence-corrected chi connectivity index (χ3v) is 5.72. The number of carbonyl (C=O) groups excluding carboxylic acids is 1. The number of halogens is 2. The number of hydrogen-bond donors (Lipinski definition) is 3. The maximum absolute atomic E-state index is 13.7. The number of carbonyl (C=O) groups is 1. The molecule has 0 radical (unpaired) electrons. The standard InChI is InChI=1S/C23H24F2N8O2/c1-14(21(34)30-16-9-10-23(16,24)25)20-31-17(13-19(26-2)33(20)27-3)29-15-7-6-12-32(22(15)35)18-8-4-5-11-28-18/h4-8,11-13,16,29,31H,3,9-10H2,1-2H3,(H,30,34)/b20-14+,26-19?/t16-/m1/s1. The Kier molecular flexibility index (Phi) is 6.45. The quantitative estimate of drug-likeness (QED) is 0.429. The number of anilines is 1. The second-order valence-electron chi connectivity index (χ2n) is 7.93. The molecule has 0 saturated heterocycles. The minimum atomic E-state index is -2.93. The molecule has 3 N–H and O–H groups in total. The zero-order chi connectivity index (χ0) is 25.2. The van der Waals surface area contributed by atoms with E-state index in [0.717, 1.165) is 0 Å². The van der Waals surface area contributed by atoms with Crippen LogP contribution in [-0.2, 0) is 4.79 Å². The highest BCUT2D eigenvalue weighted by atomic mass is 19.3. The number of rotatable bonds is 6. The second-order valence-corrected chi connectivity index (χ2v) is 7.93. The highest BCUT2D eigenvalue weighted by Crippen LogP contribution is 2.37. The summed E-state index contributed by atoms with van der Waals surface area (Å²) in [4.78, 5) is 34.1. The van der Waals surface area contributed by atoms with Gasteiger partial charge in [-0.2, -0.15) is 10.1 Å². The summed E-state index contributed by atoms with van der Waals surface area (Å²) in [6.07, 6.45) is 4.68. The first-order valence-electron chi connectivity index (χ1n) is 10.8. The van der Waals surface area contributed by atoms with Crippen molar-refractivity contribution in [2.75, 3.05) is 12.4 Å². The number of pyridine rings is 2. The summed E-state index contributed by atoms with van der Waals surface area (Å²) >= 11 is 0. The van der Waals surface area contributed by atoms with Gasteiger partial charge in [0, 0.05) is 38.7 Å². The van der Waals surface area contributed by atoms with Crippen molar-refractivity contribution in [2.24, 2.45) is 10.1 Å². The first kappa shape index (κ1) is 23.8. The largest absolute Gasteiger partial charge is 0.343 e. The Balaban J connectivity index is 1.64. The molecule has 4 rings (SSSR count). The summed E-state index contributed by atoms with van der Waals surface area (Å²) in [5, 5.41) is 13.5. The Hall–Kier alpha value is -4.35. The molecule has 35 heavy (non-hydrogen) atoms. The van der Waals surface area contributed by atoms with Crippen molar-refractivity contribution in [1.29, 1.82) is 0 Å². The molecule has 2 aromatic heterocycles. The first-order valence-corrected chi connectivity index (χ1v) is 10.8. The molecule has 182 valence electrons. The molecule has 1 atom stereocenters. The molecule has 0 spiro atoms. The maximum Gasteiger partial charge on any atom is 0.279 e. The first-order chi connectivity index (χ1) is 16.7. The van der Waals surface area contributed by atoms with Crippen molar-refractivity contribution in [1.82, 2.24) is 25.2 Å². The van der Waals surface area contributed by atoms with Crippen molar-refractivity contribution in [3.63, 3.8) is 0 Å². The fourth-order valence-electron chi connectivity index (χ4n) is 3.61. The SMILES string of the molecule is C=NN1C(=NC)C=C(Nc2cccn(-c3ccccn3)c2=O)N/C1=C(/C)C(=O)N[C@@H]1CCC1(F)F. The van der Waals surface area contributed by atoms with E-state index in [4.69, 9.17) is 0 Å². The van der Waals surface area contributed by atoms with Crippen LogP contribution in [0.2, 0.25) is 0 Å².